The number of hydrogen-bond donors (Lipinski definition) is 1. The number of aromatic amines is 1. The van der Waals surface area contributed by atoms with Crippen LogP contribution in [0, 0.1) is 11.8 Å². The topological polar surface area (TPSA) is 71.0 Å². The Kier molecular flexibility index (Phi) is 6.37. The number of hydrogen-bond acceptors (Lipinski definition) is 3. The summed E-state index contributed by atoms with van der Waals surface area (Å²) in [5.74, 6) is 1.24. The van der Waals surface area contributed by atoms with Crippen molar-refractivity contribution in [1.82, 2.24) is 19.1 Å². The van der Waals surface area contributed by atoms with E-state index >= 15 is 0 Å². The predicted molar refractivity (Wildman–Crippen MR) is 129 cm³/mol. The normalized spacial score (nSPS) is 21.7. The Hall–Kier alpha value is -2.12. The van der Waals surface area contributed by atoms with Gasteiger partial charge in [-0.3, -0.25) is 5.10 Å². The summed E-state index contributed by atoms with van der Waals surface area (Å²) in [5.41, 5.74) is 3.50. The summed E-state index contributed by atoms with van der Waals surface area (Å²) in [6.07, 6.45) is 14.7. The largest absolute Gasteiger partial charge is 0.347 e. The first-order valence-corrected chi connectivity index (χ1v) is 13.8. The van der Waals surface area contributed by atoms with Crippen molar-refractivity contribution in [2.75, 3.05) is 18.8 Å². The molecule has 1 atom stereocenters. The van der Waals surface area contributed by atoms with Gasteiger partial charge in [-0.2, -0.15) is 5.10 Å². The minimum Gasteiger partial charge on any atom is -0.347 e. The van der Waals surface area contributed by atoms with Gasteiger partial charge in [0.2, 0.25) is 10.0 Å². The van der Waals surface area contributed by atoms with Gasteiger partial charge < -0.3 is 4.57 Å². The highest BCUT2D eigenvalue weighted by Crippen LogP contribution is 2.29. The molecule has 0 spiro atoms. The molecule has 1 N–H and O–H groups in total. The number of benzene rings is 1. The van der Waals surface area contributed by atoms with Crippen molar-refractivity contribution in [2.24, 2.45) is 11.8 Å². The van der Waals surface area contributed by atoms with E-state index < -0.39 is 10.0 Å². The molecular formula is C25H34N4O2S. The van der Waals surface area contributed by atoms with Gasteiger partial charge in [-0.15, -0.1) is 0 Å². The van der Waals surface area contributed by atoms with Gasteiger partial charge in [0.25, 0.3) is 0 Å². The number of H-pyrrole nitrogens is 1. The van der Waals surface area contributed by atoms with Crippen LogP contribution >= 0.6 is 0 Å². The first-order valence-electron chi connectivity index (χ1n) is 12.1. The van der Waals surface area contributed by atoms with Crippen molar-refractivity contribution in [2.45, 2.75) is 57.9 Å². The van der Waals surface area contributed by atoms with Gasteiger partial charge in [-0.05, 0) is 67.7 Å². The Balaban J connectivity index is 1.23. The maximum atomic E-state index is 13.0. The van der Waals surface area contributed by atoms with Gasteiger partial charge in [-0.25, -0.2) is 12.7 Å². The van der Waals surface area contributed by atoms with E-state index in [9.17, 15) is 8.42 Å². The van der Waals surface area contributed by atoms with Crippen LogP contribution in [0.2, 0.25) is 0 Å². The Bertz CT molecular complexity index is 1130. The maximum Gasteiger partial charge on any atom is 0.214 e. The highest BCUT2D eigenvalue weighted by atomic mass is 32.2. The molecule has 7 heteroatoms. The van der Waals surface area contributed by atoms with Crippen LogP contribution in [0.15, 0.2) is 42.9 Å². The van der Waals surface area contributed by atoms with Gasteiger partial charge in [-0.1, -0.05) is 25.3 Å². The molecule has 1 saturated heterocycles. The molecule has 1 aromatic carbocycles. The second-order valence-electron chi connectivity index (χ2n) is 9.71. The molecule has 3 heterocycles. The Morgan fingerprint density at radius 2 is 1.78 bits per heavy atom. The third-order valence-electron chi connectivity index (χ3n) is 7.43. The number of nitrogens with zero attached hydrogens (tertiary/aromatic N) is 3. The van der Waals surface area contributed by atoms with Gasteiger partial charge in [0.1, 0.15) is 0 Å². The summed E-state index contributed by atoms with van der Waals surface area (Å²) in [5, 5.41) is 8.16. The third kappa shape index (κ3) is 4.79. The van der Waals surface area contributed by atoms with Crippen LogP contribution < -0.4 is 0 Å². The zero-order valence-electron chi connectivity index (χ0n) is 18.7. The average molecular weight is 455 g/mol. The summed E-state index contributed by atoms with van der Waals surface area (Å²) >= 11 is 0. The van der Waals surface area contributed by atoms with Gasteiger partial charge in [0.15, 0.2) is 0 Å². The van der Waals surface area contributed by atoms with Crippen LogP contribution in [-0.2, 0) is 16.6 Å². The molecule has 2 fully saturated rings. The van der Waals surface area contributed by atoms with E-state index in [2.05, 4.69) is 45.2 Å². The second-order valence-corrected chi connectivity index (χ2v) is 11.7. The molecule has 0 radical (unpaired) electrons. The Labute approximate surface area is 191 Å². The van der Waals surface area contributed by atoms with E-state index in [-0.39, 0.29) is 0 Å². The zero-order chi connectivity index (χ0) is 22.0. The van der Waals surface area contributed by atoms with Crippen molar-refractivity contribution in [1.29, 1.82) is 0 Å². The van der Waals surface area contributed by atoms with Crippen molar-refractivity contribution in [3.05, 3.63) is 42.9 Å². The molecule has 6 nitrogen and oxygen atoms in total. The van der Waals surface area contributed by atoms with E-state index in [1.165, 1.54) is 30.2 Å². The number of rotatable bonds is 6. The maximum absolute atomic E-state index is 13.0. The number of sulfonamides is 1. The molecule has 0 amide bonds. The fourth-order valence-electron chi connectivity index (χ4n) is 5.58. The monoisotopic (exact) mass is 454 g/mol. The van der Waals surface area contributed by atoms with Gasteiger partial charge in [0, 0.05) is 48.5 Å². The molecule has 5 rings (SSSR count). The molecule has 172 valence electrons. The molecule has 2 aliphatic rings. The number of aromatic nitrogens is 3. The van der Waals surface area contributed by atoms with E-state index in [0.29, 0.717) is 30.7 Å². The van der Waals surface area contributed by atoms with Crippen molar-refractivity contribution in [3.63, 3.8) is 0 Å². The quantitative estimate of drug-likeness (QED) is 0.567. The Morgan fingerprint density at radius 3 is 2.59 bits per heavy atom. The number of fused-ring (bicyclic) bond motifs is 1. The van der Waals surface area contributed by atoms with Crippen LogP contribution in [0.5, 0.6) is 0 Å². The molecule has 1 unspecified atom stereocenters. The molecule has 3 aromatic rings. The second kappa shape index (κ2) is 9.40. The van der Waals surface area contributed by atoms with Crippen LogP contribution in [0.4, 0.5) is 0 Å². The third-order valence-corrected chi connectivity index (χ3v) is 9.47. The predicted octanol–water partition coefficient (Wildman–Crippen LogP) is 5.04. The van der Waals surface area contributed by atoms with E-state index in [1.54, 1.807) is 4.31 Å². The smallest absolute Gasteiger partial charge is 0.214 e. The molecule has 1 aliphatic carbocycles. The lowest BCUT2D eigenvalue weighted by Gasteiger charge is -2.26. The average Bonchev–Trinajstić information content (AvgIpc) is 3.40. The fraction of sp³-hybridized carbons (Fsp3) is 0.560. The lowest BCUT2D eigenvalue weighted by Crippen LogP contribution is -2.36. The summed E-state index contributed by atoms with van der Waals surface area (Å²) in [6.45, 7) is 2.31. The highest BCUT2D eigenvalue weighted by Gasteiger charge is 2.29. The van der Waals surface area contributed by atoms with Crippen molar-refractivity contribution >= 4 is 20.9 Å². The Morgan fingerprint density at radius 1 is 0.938 bits per heavy atom. The number of nitrogens with one attached hydrogen (secondary N) is 1. The minimum absolute atomic E-state index is 0.360. The molecule has 1 aliphatic heterocycles. The molecule has 32 heavy (non-hydrogen) atoms. The summed E-state index contributed by atoms with van der Waals surface area (Å²) in [6, 6.07) is 8.73. The molecular weight excluding hydrogens is 420 g/mol. The molecule has 0 bridgehead atoms. The van der Waals surface area contributed by atoms with Gasteiger partial charge in [0.05, 0.1) is 11.9 Å². The SMILES string of the molecule is O=S(=O)(CC1CCCCC1)N1CCCC(Cn2ccc3cc(-c4cn[nH]c4)ccc32)CC1. The minimum atomic E-state index is -3.13. The molecule has 2 aromatic heterocycles. The first kappa shape index (κ1) is 21.7. The van der Waals surface area contributed by atoms with E-state index in [0.717, 1.165) is 49.8 Å². The highest BCUT2D eigenvalue weighted by molar-refractivity contribution is 7.89. The van der Waals surface area contributed by atoms with Crippen molar-refractivity contribution < 1.29 is 8.42 Å². The van der Waals surface area contributed by atoms with Crippen LogP contribution in [0.3, 0.4) is 0 Å². The first-order chi connectivity index (χ1) is 15.6. The van der Waals surface area contributed by atoms with Crippen LogP contribution in [-0.4, -0.2) is 46.3 Å². The standard InChI is InChI=1S/C25H34N4O2S/c30-32(31,19-21-5-2-1-3-6-21)29-12-4-7-20(10-14-29)18-28-13-11-23-15-22(8-9-25(23)28)24-16-26-27-17-24/h8-9,11,13,15-17,20-21H,1-7,10,12,14,18-19H2,(H,26,27). The van der Waals surface area contributed by atoms with Crippen LogP contribution in [0.1, 0.15) is 51.4 Å². The zero-order valence-corrected chi connectivity index (χ0v) is 19.6. The van der Waals surface area contributed by atoms with Crippen LogP contribution in [0.25, 0.3) is 22.0 Å². The summed E-state index contributed by atoms with van der Waals surface area (Å²) in [4.78, 5) is 0. The molecule has 1 saturated carbocycles. The van der Waals surface area contributed by atoms with Crippen molar-refractivity contribution in [3.8, 4) is 11.1 Å². The van der Waals surface area contributed by atoms with E-state index in [4.69, 9.17) is 0 Å². The summed E-state index contributed by atoms with van der Waals surface area (Å²) < 4.78 is 30.2. The lowest BCUT2D eigenvalue weighted by atomic mass is 9.91. The van der Waals surface area contributed by atoms with Gasteiger partial charge >= 0.3 is 0 Å². The fourth-order valence-corrected chi connectivity index (χ4v) is 7.51. The van der Waals surface area contributed by atoms with E-state index in [1.807, 2.05) is 12.4 Å². The lowest BCUT2D eigenvalue weighted by molar-refractivity contribution is 0.363. The summed E-state index contributed by atoms with van der Waals surface area (Å²) in [7, 11) is -3.13.